The molecule has 2 rings (SSSR count). The number of carbonyl (C=O) groups excluding carboxylic acids is 1. The van der Waals surface area contributed by atoms with E-state index in [0.29, 0.717) is 23.4 Å². The van der Waals surface area contributed by atoms with E-state index in [2.05, 4.69) is 13.8 Å². The van der Waals surface area contributed by atoms with Gasteiger partial charge in [0.15, 0.2) is 5.56 Å². The smallest absolute Gasteiger partial charge is 0.347 e. The Morgan fingerprint density at radius 3 is 2.65 bits per heavy atom. The highest BCUT2D eigenvalue weighted by molar-refractivity contribution is 5.93. The fourth-order valence-corrected chi connectivity index (χ4v) is 2.58. The van der Waals surface area contributed by atoms with Crippen LogP contribution in [-0.2, 0) is 11.2 Å². The molecule has 0 aliphatic heterocycles. The second-order valence-corrected chi connectivity index (χ2v) is 6.12. The molecule has 0 atom stereocenters. The minimum atomic E-state index is -0.781. The van der Waals surface area contributed by atoms with Crippen LogP contribution in [0.2, 0.25) is 0 Å². The van der Waals surface area contributed by atoms with Crippen LogP contribution in [0.1, 0.15) is 48.7 Å². The van der Waals surface area contributed by atoms with E-state index >= 15 is 0 Å². The van der Waals surface area contributed by atoms with Crippen molar-refractivity contribution in [1.82, 2.24) is 4.40 Å². The minimum Gasteiger partial charge on any atom is -0.493 e. The molecule has 2 heterocycles. The van der Waals surface area contributed by atoms with Crippen molar-refractivity contribution < 1.29 is 14.6 Å². The van der Waals surface area contributed by atoms with E-state index in [1.807, 2.05) is 13.0 Å². The first kappa shape index (κ1) is 17.1. The summed E-state index contributed by atoms with van der Waals surface area (Å²) in [6.07, 6.45) is 3.09. The number of fused-ring (bicyclic) bond motifs is 1. The molecular weight excluding hydrogens is 294 g/mol. The number of esters is 1. The molecule has 1 N–H and O–H groups in total. The van der Waals surface area contributed by atoms with E-state index in [0.717, 1.165) is 12.0 Å². The molecule has 2 aromatic heterocycles. The van der Waals surface area contributed by atoms with Crippen LogP contribution >= 0.6 is 0 Å². The highest BCUT2D eigenvalue weighted by Gasteiger charge is 2.23. The molecule has 0 unspecified atom stereocenters. The van der Waals surface area contributed by atoms with Gasteiger partial charge in [-0.25, -0.2) is 4.79 Å². The standard InChI is InChI=1S/C18H23NO4/c1-5-23-18(22)15-16(20)13(8-6-11(2)3)14-9-7-12(4)10-19(14)17(15)21/h7,9-11,21H,5-6,8H2,1-4H3. The SMILES string of the molecule is CCOC(=O)c1c(O)n2cc(C)ccc2c(CCC(C)C)c1=O. The second-order valence-electron chi connectivity index (χ2n) is 6.12. The maximum Gasteiger partial charge on any atom is 0.347 e. The van der Waals surface area contributed by atoms with Gasteiger partial charge in [-0.3, -0.25) is 9.20 Å². The first-order chi connectivity index (χ1) is 10.9. The van der Waals surface area contributed by atoms with Crippen LogP contribution in [-0.4, -0.2) is 22.1 Å². The zero-order valence-electron chi connectivity index (χ0n) is 14.0. The van der Waals surface area contributed by atoms with Gasteiger partial charge in [-0.1, -0.05) is 19.9 Å². The number of aromatic hydroxyl groups is 1. The highest BCUT2D eigenvalue weighted by Crippen LogP contribution is 2.22. The lowest BCUT2D eigenvalue weighted by molar-refractivity contribution is 0.0520. The number of nitrogens with zero attached hydrogens (tertiary/aromatic N) is 1. The van der Waals surface area contributed by atoms with Crippen molar-refractivity contribution in [1.29, 1.82) is 0 Å². The minimum absolute atomic E-state index is 0.148. The number of ether oxygens (including phenoxy) is 1. The van der Waals surface area contributed by atoms with Crippen LogP contribution in [0.25, 0.3) is 5.52 Å². The Bertz CT molecular complexity index is 790. The molecule has 0 spiro atoms. The molecule has 0 bridgehead atoms. The monoisotopic (exact) mass is 317 g/mol. The van der Waals surface area contributed by atoms with Gasteiger partial charge >= 0.3 is 5.97 Å². The molecule has 124 valence electrons. The lowest BCUT2D eigenvalue weighted by Gasteiger charge is -2.14. The number of pyridine rings is 2. The van der Waals surface area contributed by atoms with Crippen molar-refractivity contribution in [2.75, 3.05) is 6.61 Å². The molecule has 0 aromatic carbocycles. The Balaban J connectivity index is 2.75. The zero-order valence-corrected chi connectivity index (χ0v) is 14.0. The number of aryl methyl sites for hydroxylation is 2. The van der Waals surface area contributed by atoms with Gasteiger partial charge in [-0.05, 0) is 44.2 Å². The Hall–Kier alpha value is -2.30. The van der Waals surface area contributed by atoms with Gasteiger partial charge in [-0.15, -0.1) is 0 Å². The van der Waals surface area contributed by atoms with Crippen LogP contribution < -0.4 is 5.43 Å². The molecule has 0 saturated carbocycles. The number of aromatic nitrogens is 1. The summed E-state index contributed by atoms with van der Waals surface area (Å²) in [5.41, 5.74) is 1.37. The third-order valence-electron chi connectivity index (χ3n) is 3.81. The van der Waals surface area contributed by atoms with E-state index in [4.69, 9.17) is 4.74 Å². The van der Waals surface area contributed by atoms with Gasteiger partial charge in [0.05, 0.1) is 12.1 Å². The molecule has 0 aliphatic rings. The van der Waals surface area contributed by atoms with Crippen molar-refractivity contribution in [3.8, 4) is 5.88 Å². The normalized spacial score (nSPS) is 11.2. The van der Waals surface area contributed by atoms with Crippen molar-refractivity contribution in [2.24, 2.45) is 5.92 Å². The predicted octanol–water partition coefficient (Wildman–Crippen LogP) is 3.08. The van der Waals surface area contributed by atoms with Gasteiger partial charge in [0, 0.05) is 11.8 Å². The lowest BCUT2D eigenvalue weighted by atomic mass is 9.99. The summed E-state index contributed by atoms with van der Waals surface area (Å²) in [5.74, 6) is -0.711. The molecule has 0 fully saturated rings. The molecule has 2 aromatic rings. The zero-order chi connectivity index (χ0) is 17.1. The molecule has 5 heteroatoms. The third kappa shape index (κ3) is 3.38. The van der Waals surface area contributed by atoms with Crippen molar-refractivity contribution >= 4 is 11.5 Å². The summed E-state index contributed by atoms with van der Waals surface area (Å²) in [7, 11) is 0. The van der Waals surface area contributed by atoms with E-state index in [1.165, 1.54) is 4.40 Å². The largest absolute Gasteiger partial charge is 0.493 e. The molecule has 0 amide bonds. The van der Waals surface area contributed by atoms with Gasteiger partial charge in [0.25, 0.3) is 0 Å². The number of rotatable bonds is 5. The predicted molar refractivity (Wildman–Crippen MR) is 89.2 cm³/mol. The van der Waals surface area contributed by atoms with Gasteiger partial charge in [-0.2, -0.15) is 0 Å². The molecule has 0 saturated heterocycles. The number of carbonyl (C=O) groups is 1. The van der Waals surface area contributed by atoms with Gasteiger partial charge in [0.2, 0.25) is 11.3 Å². The number of hydrogen-bond acceptors (Lipinski definition) is 4. The molecule has 5 nitrogen and oxygen atoms in total. The van der Waals surface area contributed by atoms with E-state index in [-0.39, 0.29) is 18.1 Å². The topological polar surface area (TPSA) is 68.0 Å². The summed E-state index contributed by atoms with van der Waals surface area (Å²) in [6.45, 7) is 7.86. The van der Waals surface area contributed by atoms with E-state index in [9.17, 15) is 14.7 Å². The van der Waals surface area contributed by atoms with Crippen LogP contribution in [0.5, 0.6) is 5.88 Å². The van der Waals surface area contributed by atoms with Crippen molar-refractivity contribution in [2.45, 2.75) is 40.5 Å². The maximum atomic E-state index is 12.7. The highest BCUT2D eigenvalue weighted by atomic mass is 16.5. The molecule has 0 aliphatic carbocycles. The molecular formula is C18H23NO4. The Morgan fingerprint density at radius 2 is 2.04 bits per heavy atom. The van der Waals surface area contributed by atoms with Crippen LogP contribution in [0.4, 0.5) is 0 Å². The number of hydrogen-bond donors (Lipinski definition) is 1. The summed E-state index contributed by atoms with van der Waals surface area (Å²) >= 11 is 0. The van der Waals surface area contributed by atoms with E-state index in [1.54, 1.807) is 19.2 Å². The van der Waals surface area contributed by atoms with Crippen molar-refractivity contribution in [3.63, 3.8) is 0 Å². The Kier molecular flexibility index (Phi) is 5.08. The summed E-state index contributed by atoms with van der Waals surface area (Å²) in [6, 6.07) is 3.69. The Labute approximate surface area is 135 Å². The Morgan fingerprint density at radius 1 is 1.35 bits per heavy atom. The third-order valence-corrected chi connectivity index (χ3v) is 3.81. The van der Waals surface area contributed by atoms with E-state index < -0.39 is 11.4 Å². The van der Waals surface area contributed by atoms with Gasteiger partial charge < -0.3 is 9.84 Å². The summed E-state index contributed by atoms with van der Waals surface area (Å²) < 4.78 is 6.44. The maximum absolute atomic E-state index is 12.7. The fourth-order valence-electron chi connectivity index (χ4n) is 2.58. The lowest BCUT2D eigenvalue weighted by Crippen LogP contribution is -2.23. The fraction of sp³-hybridized carbons (Fsp3) is 0.444. The molecule has 0 radical (unpaired) electrons. The van der Waals surface area contributed by atoms with Crippen molar-refractivity contribution in [3.05, 3.63) is 45.2 Å². The quantitative estimate of drug-likeness (QED) is 0.861. The average Bonchev–Trinajstić information content (AvgIpc) is 2.47. The first-order valence-corrected chi connectivity index (χ1v) is 7.90. The van der Waals surface area contributed by atoms with Crippen LogP contribution in [0.3, 0.4) is 0 Å². The van der Waals surface area contributed by atoms with Crippen LogP contribution in [0, 0.1) is 12.8 Å². The van der Waals surface area contributed by atoms with Crippen LogP contribution in [0.15, 0.2) is 23.1 Å². The molecule has 23 heavy (non-hydrogen) atoms. The first-order valence-electron chi connectivity index (χ1n) is 7.90. The summed E-state index contributed by atoms with van der Waals surface area (Å²) in [4.78, 5) is 24.9. The summed E-state index contributed by atoms with van der Waals surface area (Å²) in [5, 5.41) is 10.4. The average molecular weight is 317 g/mol. The van der Waals surface area contributed by atoms with Gasteiger partial charge in [0.1, 0.15) is 0 Å². The second kappa shape index (κ2) is 6.86.